The van der Waals surface area contributed by atoms with Crippen LogP contribution in [0.2, 0.25) is 0 Å². The monoisotopic (exact) mass is 349 g/mol. The fraction of sp³-hybridized carbons (Fsp3) is 0.353. The van der Waals surface area contributed by atoms with E-state index in [-0.39, 0.29) is 17.6 Å². The van der Waals surface area contributed by atoms with Crippen molar-refractivity contribution in [2.24, 2.45) is 11.8 Å². The largest absolute Gasteiger partial charge is 0.481 e. The highest BCUT2D eigenvalue weighted by Crippen LogP contribution is 2.27. The van der Waals surface area contributed by atoms with Crippen LogP contribution < -0.4 is 5.32 Å². The molecule has 24 heavy (non-hydrogen) atoms. The van der Waals surface area contributed by atoms with Crippen LogP contribution in [0.4, 0.5) is 5.69 Å². The fourth-order valence-corrected chi connectivity index (χ4v) is 3.18. The molecule has 0 saturated carbocycles. The van der Waals surface area contributed by atoms with Crippen LogP contribution in [0.5, 0.6) is 0 Å². The summed E-state index contributed by atoms with van der Waals surface area (Å²) in [7, 11) is 1.34. The zero-order valence-electron chi connectivity index (χ0n) is 13.2. The van der Waals surface area contributed by atoms with Crippen molar-refractivity contribution in [3.8, 4) is 0 Å². The highest BCUT2D eigenvalue weighted by atomic mass is 32.2. The van der Waals surface area contributed by atoms with Crippen molar-refractivity contribution in [2.75, 3.05) is 18.2 Å². The van der Waals surface area contributed by atoms with Gasteiger partial charge in [-0.2, -0.15) is 0 Å². The number of carboxylic acid groups (broad SMARTS) is 1. The molecule has 1 aliphatic carbocycles. The van der Waals surface area contributed by atoms with E-state index in [0.717, 1.165) is 4.90 Å². The molecule has 0 radical (unpaired) electrons. The Morgan fingerprint density at radius 1 is 1.17 bits per heavy atom. The normalized spacial score (nSPS) is 19.5. The molecule has 2 rings (SSSR count). The number of rotatable bonds is 6. The van der Waals surface area contributed by atoms with Gasteiger partial charge in [0, 0.05) is 10.6 Å². The minimum Gasteiger partial charge on any atom is -0.481 e. The molecule has 0 heterocycles. The predicted octanol–water partition coefficient (Wildman–Crippen LogP) is 2.56. The number of amides is 1. The molecule has 1 aliphatic rings. The van der Waals surface area contributed by atoms with Gasteiger partial charge in [0.15, 0.2) is 0 Å². The van der Waals surface area contributed by atoms with Gasteiger partial charge in [-0.1, -0.05) is 12.2 Å². The van der Waals surface area contributed by atoms with Gasteiger partial charge in [-0.15, -0.1) is 11.8 Å². The Bertz CT molecular complexity index is 641. The lowest BCUT2D eigenvalue weighted by Gasteiger charge is -2.24. The van der Waals surface area contributed by atoms with Gasteiger partial charge in [-0.05, 0) is 37.1 Å². The van der Waals surface area contributed by atoms with E-state index in [2.05, 4.69) is 10.1 Å². The molecule has 0 bridgehead atoms. The number of ether oxygens (including phenoxy) is 1. The van der Waals surface area contributed by atoms with Crippen LogP contribution in [0.3, 0.4) is 0 Å². The Morgan fingerprint density at radius 2 is 1.79 bits per heavy atom. The van der Waals surface area contributed by atoms with Crippen LogP contribution >= 0.6 is 11.8 Å². The summed E-state index contributed by atoms with van der Waals surface area (Å²) in [6.45, 7) is 0. The first-order chi connectivity index (χ1) is 11.5. The van der Waals surface area contributed by atoms with Crippen molar-refractivity contribution in [1.29, 1.82) is 0 Å². The van der Waals surface area contributed by atoms with E-state index in [1.54, 1.807) is 30.3 Å². The van der Waals surface area contributed by atoms with Crippen molar-refractivity contribution in [2.45, 2.75) is 17.7 Å². The summed E-state index contributed by atoms with van der Waals surface area (Å²) in [5.74, 6) is -2.58. The average Bonchev–Trinajstić information content (AvgIpc) is 2.60. The Labute approximate surface area is 144 Å². The number of benzene rings is 1. The Hall–Kier alpha value is -2.28. The SMILES string of the molecule is COC(=O)CSc1ccc(NC(=O)C2CC=CCC2C(=O)O)cc1. The smallest absolute Gasteiger partial charge is 0.315 e. The number of methoxy groups -OCH3 is 1. The number of hydrogen-bond donors (Lipinski definition) is 2. The lowest BCUT2D eigenvalue weighted by Crippen LogP contribution is -2.34. The second kappa shape index (κ2) is 8.54. The number of thioether (sulfide) groups is 1. The van der Waals surface area contributed by atoms with Crippen molar-refractivity contribution in [3.63, 3.8) is 0 Å². The maximum Gasteiger partial charge on any atom is 0.315 e. The van der Waals surface area contributed by atoms with Gasteiger partial charge in [0.05, 0.1) is 24.7 Å². The summed E-state index contributed by atoms with van der Waals surface area (Å²) in [4.78, 5) is 35.6. The molecule has 0 aromatic heterocycles. The number of carboxylic acids is 1. The first-order valence-corrected chi connectivity index (χ1v) is 8.48. The zero-order valence-corrected chi connectivity index (χ0v) is 14.0. The molecule has 1 aromatic rings. The number of carbonyl (C=O) groups excluding carboxylic acids is 2. The summed E-state index contributed by atoms with van der Waals surface area (Å²) >= 11 is 1.34. The van der Waals surface area contributed by atoms with E-state index in [0.29, 0.717) is 18.5 Å². The van der Waals surface area contributed by atoms with Gasteiger partial charge in [0.1, 0.15) is 0 Å². The number of aliphatic carboxylic acids is 1. The van der Waals surface area contributed by atoms with Gasteiger partial charge in [0.2, 0.25) is 5.91 Å². The third kappa shape index (κ3) is 4.86. The highest BCUT2D eigenvalue weighted by Gasteiger charge is 2.33. The van der Waals surface area contributed by atoms with Crippen LogP contribution in [0, 0.1) is 11.8 Å². The quantitative estimate of drug-likeness (QED) is 0.466. The highest BCUT2D eigenvalue weighted by molar-refractivity contribution is 8.00. The number of esters is 1. The minimum absolute atomic E-state index is 0.219. The molecular formula is C17H19NO5S. The molecule has 0 fully saturated rings. The number of hydrogen-bond acceptors (Lipinski definition) is 5. The molecule has 0 spiro atoms. The van der Waals surface area contributed by atoms with Gasteiger partial charge in [-0.3, -0.25) is 14.4 Å². The summed E-state index contributed by atoms with van der Waals surface area (Å²) in [6.07, 6.45) is 4.44. The van der Waals surface area contributed by atoms with E-state index in [4.69, 9.17) is 0 Å². The van der Waals surface area contributed by atoms with Crippen molar-refractivity contribution in [1.82, 2.24) is 0 Å². The van der Waals surface area contributed by atoms with E-state index in [1.165, 1.54) is 18.9 Å². The molecule has 1 amide bonds. The maximum atomic E-state index is 12.3. The molecule has 6 nitrogen and oxygen atoms in total. The molecule has 2 N–H and O–H groups in total. The Kier molecular flexibility index (Phi) is 6.43. The van der Waals surface area contributed by atoms with Gasteiger partial charge >= 0.3 is 11.9 Å². The number of anilines is 1. The van der Waals surface area contributed by atoms with Gasteiger partial charge in [0.25, 0.3) is 0 Å². The molecule has 2 unspecified atom stereocenters. The number of nitrogens with one attached hydrogen (secondary N) is 1. The van der Waals surface area contributed by atoms with Gasteiger partial charge in [-0.25, -0.2) is 0 Å². The summed E-state index contributed by atoms with van der Waals surface area (Å²) < 4.78 is 4.57. The number of allylic oxidation sites excluding steroid dienone is 2. The first-order valence-electron chi connectivity index (χ1n) is 7.49. The average molecular weight is 349 g/mol. The lowest BCUT2D eigenvalue weighted by atomic mass is 9.82. The predicted molar refractivity (Wildman–Crippen MR) is 90.8 cm³/mol. The minimum atomic E-state index is -0.950. The van der Waals surface area contributed by atoms with E-state index >= 15 is 0 Å². The third-order valence-corrected chi connectivity index (χ3v) is 4.78. The molecule has 2 atom stereocenters. The van der Waals surface area contributed by atoms with Crippen LogP contribution in [-0.2, 0) is 19.1 Å². The second-order valence-corrected chi connectivity index (χ2v) is 6.42. The van der Waals surface area contributed by atoms with Crippen molar-refractivity contribution >= 4 is 35.3 Å². The molecular weight excluding hydrogens is 330 g/mol. The summed E-state index contributed by atoms with van der Waals surface area (Å²) in [6, 6.07) is 7.04. The summed E-state index contributed by atoms with van der Waals surface area (Å²) in [5.41, 5.74) is 0.598. The van der Waals surface area contributed by atoms with Crippen LogP contribution in [0.15, 0.2) is 41.3 Å². The molecule has 0 saturated heterocycles. The zero-order chi connectivity index (χ0) is 17.5. The first kappa shape index (κ1) is 18.1. The molecule has 1 aromatic carbocycles. The van der Waals surface area contributed by atoms with E-state index < -0.39 is 17.8 Å². The van der Waals surface area contributed by atoms with Crippen molar-refractivity contribution in [3.05, 3.63) is 36.4 Å². The van der Waals surface area contributed by atoms with E-state index in [1.807, 2.05) is 6.08 Å². The van der Waals surface area contributed by atoms with E-state index in [9.17, 15) is 19.5 Å². The third-order valence-electron chi connectivity index (χ3n) is 3.79. The van der Waals surface area contributed by atoms with Crippen molar-refractivity contribution < 1.29 is 24.2 Å². The Balaban J connectivity index is 1.95. The Morgan fingerprint density at radius 3 is 2.38 bits per heavy atom. The molecule has 0 aliphatic heterocycles. The topological polar surface area (TPSA) is 92.7 Å². The lowest BCUT2D eigenvalue weighted by molar-refractivity contribution is -0.146. The van der Waals surface area contributed by atoms with Crippen LogP contribution in [-0.4, -0.2) is 35.8 Å². The van der Waals surface area contributed by atoms with Crippen LogP contribution in [0.1, 0.15) is 12.8 Å². The maximum absolute atomic E-state index is 12.3. The summed E-state index contributed by atoms with van der Waals surface area (Å²) in [5, 5.41) is 12.0. The van der Waals surface area contributed by atoms with Gasteiger partial charge < -0.3 is 15.2 Å². The van der Waals surface area contributed by atoms with Crippen LogP contribution in [0.25, 0.3) is 0 Å². The fourth-order valence-electron chi connectivity index (χ4n) is 2.45. The standard InChI is InChI=1S/C17H19NO5S/c1-23-15(19)10-24-12-8-6-11(7-9-12)18-16(20)13-4-2-3-5-14(13)17(21)22/h2-3,6-9,13-14H,4-5,10H2,1H3,(H,18,20)(H,21,22). The molecule has 128 valence electrons. The number of carbonyl (C=O) groups is 3. The second-order valence-electron chi connectivity index (χ2n) is 5.37. The molecule has 7 heteroatoms.